The standard InChI is InChI=1S/C22H29N3O2/c1-3-5-6-10-16(9-4-2)15-17-13-14-20(22(27)21(17)26)25-23-18-11-7-8-12-19(18)24-25/h7-8,11-14,16,26-27H,3-6,9-10,15H2,1-2H3. The number of aromatic hydroxyl groups is 2. The molecule has 3 rings (SSSR count). The Morgan fingerprint density at radius 2 is 1.56 bits per heavy atom. The summed E-state index contributed by atoms with van der Waals surface area (Å²) in [5.74, 6) is 0.324. The molecule has 0 saturated carbocycles. The number of hydrogen-bond donors (Lipinski definition) is 2. The summed E-state index contributed by atoms with van der Waals surface area (Å²) in [6.07, 6.45) is 7.89. The predicted molar refractivity (Wildman–Crippen MR) is 108 cm³/mol. The van der Waals surface area contributed by atoms with E-state index in [4.69, 9.17) is 0 Å². The molecule has 5 heteroatoms. The van der Waals surface area contributed by atoms with Crippen LogP contribution in [0.3, 0.4) is 0 Å². The molecule has 0 aliphatic rings. The summed E-state index contributed by atoms with van der Waals surface area (Å²) in [5.41, 5.74) is 2.69. The van der Waals surface area contributed by atoms with E-state index in [1.807, 2.05) is 30.3 Å². The van der Waals surface area contributed by atoms with Crippen LogP contribution in [0, 0.1) is 5.92 Å². The summed E-state index contributed by atoms with van der Waals surface area (Å²) in [5, 5.41) is 29.9. The first-order chi connectivity index (χ1) is 13.1. The number of phenols is 2. The van der Waals surface area contributed by atoms with E-state index >= 15 is 0 Å². The SMILES string of the molecule is CCCCCC(CCC)Cc1ccc(-n2nc3ccccc3n2)c(O)c1O. The second-order valence-electron chi connectivity index (χ2n) is 7.27. The van der Waals surface area contributed by atoms with E-state index in [2.05, 4.69) is 24.0 Å². The summed E-state index contributed by atoms with van der Waals surface area (Å²) in [6.45, 7) is 4.41. The number of benzene rings is 2. The molecule has 0 spiro atoms. The molecule has 0 amide bonds. The lowest BCUT2D eigenvalue weighted by molar-refractivity contribution is 0.381. The number of nitrogens with zero attached hydrogens (tertiary/aromatic N) is 3. The Hall–Kier alpha value is -2.56. The van der Waals surface area contributed by atoms with Crippen molar-refractivity contribution in [2.45, 2.75) is 58.8 Å². The topological polar surface area (TPSA) is 71.2 Å². The zero-order valence-corrected chi connectivity index (χ0v) is 16.2. The minimum absolute atomic E-state index is 0.0505. The van der Waals surface area contributed by atoms with Gasteiger partial charge in [0, 0.05) is 0 Å². The minimum Gasteiger partial charge on any atom is -0.504 e. The van der Waals surface area contributed by atoms with Gasteiger partial charge in [0.15, 0.2) is 11.5 Å². The monoisotopic (exact) mass is 367 g/mol. The van der Waals surface area contributed by atoms with Crippen molar-refractivity contribution in [2.24, 2.45) is 5.92 Å². The van der Waals surface area contributed by atoms with Crippen LogP contribution in [0.1, 0.15) is 57.9 Å². The molecule has 0 aliphatic heterocycles. The fourth-order valence-corrected chi connectivity index (χ4v) is 3.66. The van der Waals surface area contributed by atoms with Crippen molar-refractivity contribution in [3.8, 4) is 17.2 Å². The highest BCUT2D eigenvalue weighted by Crippen LogP contribution is 2.37. The van der Waals surface area contributed by atoms with Gasteiger partial charge in [0.1, 0.15) is 16.7 Å². The third kappa shape index (κ3) is 4.41. The van der Waals surface area contributed by atoms with Crippen molar-refractivity contribution in [3.63, 3.8) is 0 Å². The van der Waals surface area contributed by atoms with E-state index in [-0.39, 0.29) is 11.5 Å². The molecule has 0 radical (unpaired) electrons. The molecule has 0 fully saturated rings. The van der Waals surface area contributed by atoms with Crippen molar-refractivity contribution in [3.05, 3.63) is 42.0 Å². The first-order valence-electron chi connectivity index (χ1n) is 10.00. The second-order valence-corrected chi connectivity index (χ2v) is 7.27. The summed E-state index contributed by atoms with van der Waals surface area (Å²) in [4.78, 5) is 1.38. The van der Waals surface area contributed by atoms with Crippen molar-refractivity contribution in [1.82, 2.24) is 15.0 Å². The van der Waals surface area contributed by atoms with Crippen LogP contribution in [-0.2, 0) is 6.42 Å². The molecule has 2 N–H and O–H groups in total. The Morgan fingerprint density at radius 1 is 0.852 bits per heavy atom. The largest absolute Gasteiger partial charge is 0.504 e. The van der Waals surface area contributed by atoms with Gasteiger partial charge in [-0.05, 0) is 36.1 Å². The van der Waals surface area contributed by atoms with Gasteiger partial charge >= 0.3 is 0 Å². The molecule has 1 unspecified atom stereocenters. The van der Waals surface area contributed by atoms with Gasteiger partial charge in [-0.15, -0.1) is 15.0 Å². The molecule has 0 saturated heterocycles. The van der Waals surface area contributed by atoms with Gasteiger partial charge in [0.25, 0.3) is 0 Å². The zero-order chi connectivity index (χ0) is 19.2. The van der Waals surface area contributed by atoms with E-state index in [0.29, 0.717) is 11.6 Å². The predicted octanol–water partition coefficient (Wildman–Crippen LogP) is 5.37. The van der Waals surface area contributed by atoms with Gasteiger partial charge in [0.2, 0.25) is 0 Å². The van der Waals surface area contributed by atoms with Crippen molar-refractivity contribution in [2.75, 3.05) is 0 Å². The Morgan fingerprint density at radius 3 is 2.19 bits per heavy atom. The highest BCUT2D eigenvalue weighted by molar-refractivity contribution is 5.73. The Labute approximate surface area is 160 Å². The number of unbranched alkanes of at least 4 members (excludes halogenated alkanes) is 2. The normalized spacial score (nSPS) is 12.5. The molecule has 1 heterocycles. The van der Waals surface area contributed by atoms with Gasteiger partial charge < -0.3 is 10.2 Å². The van der Waals surface area contributed by atoms with Gasteiger partial charge in [-0.2, -0.15) is 0 Å². The van der Waals surface area contributed by atoms with E-state index in [0.717, 1.165) is 42.3 Å². The zero-order valence-electron chi connectivity index (χ0n) is 16.2. The lowest BCUT2D eigenvalue weighted by Gasteiger charge is -2.18. The Balaban J connectivity index is 1.83. The van der Waals surface area contributed by atoms with Crippen molar-refractivity contribution < 1.29 is 10.2 Å². The lowest BCUT2D eigenvalue weighted by Crippen LogP contribution is -2.06. The van der Waals surface area contributed by atoms with Crippen LogP contribution >= 0.6 is 0 Å². The second kappa shape index (κ2) is 8.89. The molecule has 1 atom stereocenters. The molecule has 0 aliphatic carbocycles. The molecule has 5 nitrogen and oxygen atoms in total. The third-order valence-corrected chi connectivity index (χ3v) is 5.14. The van der Waals surface area contributed by atoms with Crippen molar-refractivity contribution >= 4 is 11.0 Å². The maximum absolute atomic E-state index is 10.6. The van der Waals surface area contributed by atoms with Crippen LogP contribution in [0.4, 0.5) is 0 Å². The number of hydrogen-bond acceptors (Lipinski definition) is 4. The van der Waals surface area contributed by atoms with Gasteiger partial charge in [0.05, 0.1) is 0 Å². The number of fused-ring (bicyclic) bond motifs is 1. The quantitative estimate of drug-likeness (QED) is 0.394. The average molecular weight is 367 g/mol. The van der Waals surface area contributed by atoms with Crippen LogP contribution in [0.25, 0.3) is 16.7 Å². The van der Waals surface area contributed by atoms with Crippen molar-refractivity contribution in [1.29, 1.82) is 0 Å². The first-order valence-corrected chi connectivity index (χ1v) is 10.00. The highest BCUT2D eigenvalue weighted by Gasteiger charge is 2.18. The van der Waals surface area contributed by atoms with Gasteiger partial charge in [-0.1, -0.05) is 70.6 Å². The minimum atomic E-state index is -0.156. The molecule has 3 aromatic rings. The van der Waals surface area contributed by atoms with Crippen LogP contribution in [0.15, 0.2) is 36.4 Å². The molecule has 27 heavy (non-hydrogen) atoms. The fraction of sp³-hybridized carbons (Fsp3) is 0.455. The first kappa shape index (κ1) is 19.2. The summed E-state index contributed by atoms with van der Waals surface area (Å²) < 4.78 is 0. The highest BCUT2D eigenvalue weighted by atomic mass is 16.3. The molecule has 144 valence electrons. The van der Waals surface area contributed by atoms with Crippen LogP contribution in [0.5, 0.6) is 11.5 Å². The van der Waals surface area contributed by atoms with Crippen LogP contribution in [0.2, 0.25) is 0 Å². The van der Waals surface area contributed by atoms with Gasteiger partial charge in [-0.3, -0.25) is 0 Å². The van der Waals surface area contributed by atoms with Gasteiger partial charge in [-0.25, -0.2) is 0 Å². The molecule has 1 aromatic heterocycles. The maximum atomic E-state index is 10.6. The smallest absolute Gasteiger partial charge is 0.185 e. The molecule has 2 aromatic carbocycles. The van der Waals surface area contributed by atoms with E-state index in [9.17, 15) is 10.2 Å². The molecular formula is C22H29N3O2. The number of aromatic nitrogens is 3. The Bertz CT molecular complexity index is 855. The third-order valence-electron chi connectivity index (χ3n) is 5.14. The average Bonchev–Trinajstić information content (AvgIpc) is 3.09. The van der Waals surface area contributed by atoms with Crippen LogP contribution < -0.4 is 0 Å². The fourth-order valence-electron chi connectivity index (χ4n) is 3.66. The molecule has 0 bridgehead atoms. The maximum Gasteiger partial charge on any atom is 0.185 e. The summed E-state index contributed by atoms with van der Waals surface area (Å²) in [6, 6.07) is 11.2. The van der Waals surface area contributed by atoms with E-state index in [1.54, 1.807) is 6.07 Å². The van der Waals surface area contributed by atoms with E-state index in [1.165, 1.54) is 24.1 Å². The van der Waals surface area contributed by atoms with Crippen LogP contribution in [-0.4, -0.2) is 25.2 Å². The lowest BCUT2D eigenvalue weighted by atomic mass is 9.89. The summed E-state index contributed by atoms with van der Waals surface area (Å²) in [7, 11) is 0. The Kier molecular flexibility index (Phi) is 6.32. The number of phenolic OH excluding ortho intramolecular Hbond substituents is 2. The summed E-state index contributed by atoms with van der Waals surface area (Å²) >= 11 is 0. The van der Waals surface area contributed by atoms with E-state index < -0.39 is 0 Å². The number of rotatable bonds is 9. The molecular weight excluding hydrogens is 338 g/mol.